The molecule has 1 saturated heterocycles. The Morgan fingerprint density at radius 3 is 2.78 bits per heavy atom. The van der Waals surface area contributed by atoms with E-state index in [0.29, 0.717) is 4.64 Å². The minimum absolute atomic E-state index is 0. The highest BCUT2D eigenvalue weighted by atomic mass is 35.5. The first-order chi connectivity index (χ1) is 8.27. The zero-order valence-electron chi connectivity index (χ0n) is 10.1. The van der Waals surface area contributed by atoms with Crippen LogP contribution in [-0.2, 0) is 0 Å². The van der Waals surface area contributed by atoms with Crippen molar-refractivity contribution in [3.05, 3.63) is 28.5 Å². The normalized spacial score (nSPS) is 15.1. The van der Waals surface area contributed by atoms with Gasteiger partial charge in [-0.3, -0.25) is 0 Å². The third-order valence-corrected chi connectivity index (χ3v) is 3.68. The van der Waals surface area contributed by atoms with Gasteiger partial charge in [0.05, 0.1) is 0 Å². The molecule has 2 N–H and O–H groups in total. The number of nitrogens with one attached hydrogen (secondary N) is 2. The lowest BCUT2D eigenvalue weighted by Gasteiger charge is -2.15. The van der Waals surface area contributed by atoms with Gasteiger partial charge in [0.25, 0.3) is 0 Å². The molecule has 2 rings (SSSR count). The second kappa shape index (κ2) is 7.84. The van der Waals surface area contributed by atoms with Gasteiger partial charge in [-0.25, -0.2) is 0 Å². The third kappa shape index (κ3) is 4.31. The SMILES string of the molecule is Cl.S=C(NCCN1CCCC1)c1ccc[nH]c1=S. The van der Waals surface area contributed by atoms with E-state index in [2.05, 4.69) is 15.2 Å². The Morgan fingerprint density at radius 1 is 1.39 bits per heavy atom. The van der Waals surface area contributed by atoms with Gasteiger partial charge >= 0.3 is 0 Å². The Bertz CT molecular complexity index is 441. The molecular formula is C12H18ClN3S2. The van der Waals surface area contributed by atoms with Crippen LogP contribution in [0.4, 0.5) is 0 Å². The van der Waals surface area contributed by atoms with Crippen LogP contribution in [-0.4, -0.2) is 41.1 Å². The molecule has 0 spiro atoms. The maximum Gasteiger partial charge on any atom is 0.113 e. The summed E-state index contributed by atoms with van der Waals surface area (Å²) < 4.78 is 0.700. The van der Waals surface area contributed by atoms with Crippen molar-refractivity contribution in [3.8, 4) is 0 Å². The van der Waals surface area contributed by atoms with Crippen molar-refractivity contribution < 1.29 is 0 Å². The van der Waals surface area contributed by atoms with E-state index in [1.165, 1.54) is 25.9 Å². The average Bonchev–Trinajstić information content (AvgIpc) is 2.82. The standard InChI is InChI=1S/C12H17N3S2.ClH/c16-11-10(4-3-5-13-11)12(17)14-6-9-15-7-1-2-8-15;/h3-5H,1-2,6-9H2,(H,13,16)(H,14,17);1H. The van der Waals surface area contributed by atoms with Gasteiger partial charge in [0.1, 0.15) is 9.63 Å². The van der Waals surface area contributed by atoms with Crippen molar-refractivity contribution in [2.24, 2.45) is 0 Å². The number of aromatic amines is 1. The van der Waals surface area contributed by atoms with Gasteiger partial charge in [0.2, 0.25) is 0 Å². The molecule has 0 saturated carbocycles. The zero-order valence-corrected chi connectivity index (χ0v) is 12.6. The molecule has 1 aliphatic heterocycles. The summed E-state index contributed by atoms with van der Waals surface area (Å²) in [7, 11) is 0. The lowest BCUT2D eigenvalue weighted by atomic mass is 10.3. The molecule has 0 aromatic carbocycles. The summed E-state index contributed by atoms with van der Waals surface area (Å²) in [5.41, 5.74) is 0.916. The highest BCUT2D eigenvalue weighted by Gasteiger charge is 2.10. The number of thiocarbonyl (C=S) groups is 1. The zero-order chi connectivity index (χ0) is 12.1. The first-order valence-corrected chi connectivity index (χ1v) is 6.77. The number of halogens is 1. The molecule has 100 valence electrons. The van der Waals surface area contributed by atoms with E-state index in [4.69, 9.17) is 24.4 Å². The van der Waals surface area contributed by atoms with Gasteiger partial charge < -0.3 is 15.2 Å². The van der Waals surface area contributed by atoms with Crippen LogP contribution in [0, 0.1) is 4.64 Å². The van der Waals surface area contributed by atoms with Crippen LogP contribution in [0.15, 0.2) is 18.3 Å². The van der Waals surface area contributed by atoms with Gasteiger partial charge in [-0.1, -0.05) is 24.4 Å². The molecule has 2 heterocycles. The smallest absolute Gasteiger partial charge is 0.113 e. The number of rotatable bonds is 4. The van der Waals surface area contributed by atoms with Crippen LogP contribution in [0.2, 0.25) is 0 Å². The Labute approximate surface area is 124 Å². The number of aromatic nitrogens is 1. The van der Waals surface area contributed by atoms with Gasteiger partial charge in [-0.15, -0.1) is 12.4 Å². The van der Waals surface area contributed by atoms with Crippen molar-refractivity contribution in [1.82, 2.24) is 15.2 Å². The second-order valence-electron chi connectivity index (χ2n) is 4.22. The summed E-state index contributed by atoms with van der Waals surface area (Å²) in [6.45, 7) is 4.39. The van der Waals surface area contributed by atoms with E-state index in [1.807, 2.05) is 18.3 Å². The number of hydrogen-bond acceptors (Lipinski definition) is 3. The maximum atomic E-state index is 5.33. The Balaban J connectivity index is 0.00000162. The third-order valence-electron chi connectivity index (χ3n) is 2.98. The second-order valence-corrected chi connectivity index (χ2v) is 5.03. The molecule has 0 bridgehead atoms. The van der Waals surface area contributed by atoms with E-state index >= 15 is 0 Å². The molecule has 1 aliphatic rings. The number of hydrogen-bond donors (Lipinski definition) is 2. The first kappa shape index (κ1) is 15.6. The van der Waals surface area contributed by atoms with Gasteiger partial charge in [0, 0.05) is 24.8 Å². The van der Waals surface area contributed by atoms with Crippen molar-refractivity contribution in [2.75, 3.05) is 26.2 Å². The molecular weight excluding hydrogens is 286 g/mol. The predicted octanol–water partition coefficient (Wildman–Crippen LogP) is 2.53. The molecule has 6 heteroatoms. The molecule has 0 unspecified atom stereocenters. The molecule has 0 radical (unpaired) electrons. The number of likely N-dealkylation sites (tertiary alicyclic amines) is 1. The quantitative estimate of drug-likeness (QED) is 0.837. The van der Waals surface area contributed by atoms with Gasteiger partial charge in [0.15, 0.2) is 0 Å². The molecule has 1 aromatic heterocycles. The molecule has 18 heavy (non-hydrogen) atoms. The summed E-state index contributed by atoms with van der Waals surface area (Å²) >= 11 is 10.5. The topological polar surface area (TPSA) is 31.1 Å². The molecule has 0 atom stereocenters. The minimum Gasteiger partial charge on any atom is -0.374 e. The van der Waals surface area contributed by atoms with Crippen molar-refractivity contribution in [3.63, 3.8) is 0 Å². The van der Waals surface area contributed by atoms with Crippen molar-refractivity contribution in [2.45, 2.75) is 12.8 Å². The molecule has 1 fully saturated rings. The fraction of sp³-hybridized carbons (Fsp3) is 0.500. The van der Waals surface area contributed by atoms with Gasteiger partial charge in [-0.05, 0) is 38.1 Å². The first-order valence-electron chi connectivity index (χ1n) is 5.95. The molecule has 0 aliphatic carbocycles. The summed E-state index contributed by atoms with van der Waals surface area (Å²) in [6.07, 6.45) is 4.47. The van der Waals surface area contributed by atoms with Crippen LogP contribution in [0.25, 0.3) is 0 Å². The van der Waals surface area contributed by atoms with E-state index in [-0.39, 0.29) is 12.4 Å². The highest BCUT2D eigenvalue weighted by molar-refractivity contribution is 7.80. The monoisotopic (exact) mass is 303 g/mol. The maximum absolute atomic E-state index is 5.33. The van der Waals surface area contributed by atoms with E-state index in [0.717, 1.165) is 23.6 Å². The van der Waals surface area contributed by atoms with Crippen molar-refractivity contribution in [1.29, 1.82) is 0 Å². The van der Waals surface area contributed by atoms with E-state index < -0.39 is 0 Å². The Kier molecular flexibility index (Phi) is 6.78. The fourth-order valence-electron chi connectivity index (χ4n) is 2.03. The summed E-state index contributed by atoms with van der Waals surface area (Å²) in [6, 6.07) is 3.86. The fourth-order valence-corrected chi connectivity index (χ4v) is 2.60. The van der Waals surface area contributed by atoms with Crippen LogP contribution < -0.4 is 5.32 Å². The van der Waals surface area contributed by atoms with Crippen LogP contribution in [0.1, 0.15) is 18.4 Å². The lowest BCUT2D eigenvalue weighted by molar-refractivity contribution is 0.344. The van der Waals surface area contributed by atoms with E-state index in [9.17, 15) is 0 Å². The lowest BCUT2D eigenvalue weighted by Crippen LogP contribution is -2.33. The number of pyridine rings is 1. The van der Waals surface area contributed by atoms with Crippen LogP contribution in [0.5, 0.6) is 0 Å². The summed E-state index contributed by atoms with van der Waals surface area (Å²) in [5.74, 6) is 0. The Morgan fingerprint density at radius 2 is 2.11 bits per heavy atom. The largest absolute Gasteiger partial charge is 0.374 e. The molecule has 1 aromatic rings. The van der Waals surface area contributed by atoms with Crippen LogP contribution >= 0.6 is 36.8 Å². The highest BCUT2D eigenvalue weighted by Crippen LogP contribution is 2.06. The Hall–Kier alpha value is -0.490. The minimum atomic E-state index is 0. The van der Waals surface area contributed by atoms with Crippen LogP contribution in [0.3, 0.4) is 0 Å². The average molecular weight is 304 g/mol. The van der Waals surface area contributed by atoms with Crippen molar-refractivity contribution >= 4 is 41.8 Å². The number of H-pyrrole nitrogens is 1. The molecule has 3 nitrogen and oxygen atoms in total. The van der Waals surface area contributed by atoms with Gasteiger partial charge in [-0.2, -0.15) is 0 Å². The summed E-state index contributed by atoms with van der Waals surface area (Å²) in [5, 5.41) is 3.27. The van der Waals surface area contributed by atoms with E-state index in [1.54, 1.807) is 0 Å². The predicted molar refractivity (Wildman–Crippen MR) is 84.3 cm³/mol. The summed E-state index contributed by atoms with van der Waals surface area (Å²) in [4.78, 5) is 6.19. The number of nitrogens with zero attached hydrogens (tertiary/aromatic N) is 1. The molecule has 0 amide bonds.